The van der Waals surface area contributed by atoms with Crippen molar-refractivity contribution in [1.29, 1.82) is 0 Å². The monoisotopic (exact) mass is 327 g/mol. The number of carbonyl (C=O) groups is 2. The molecule has 0 radical (unpaired) electrons. The number of thioether (sulfide) groups is 1. The molecule has 1 aromatic rings. The molecule has 1 amide bonds. The Morgan fingerprint density at radius 2 is 2.14 bits per heavy atom. The molecule has 1 saturated heterocycles. The van der Waals surface area contributed by atoms with Crippen LogP contribution in [0.3, 0.4) is 0 Å². The first kappa shape index (κ1) is 16.2. The predicted molar refractivity (Wildman–Crippen MR) is 84.1 cm³/mol. The average Bonchev–Trinajstić information content (AvgIpc) is 2.47. The SMILES string of the molecule is CSc1ccc(Cl)c(C(=O)N2CCCC(C)(C(=O)O)C2)c1. The van der Waals surface area contributed by atoms with Crippen LogP contribution in [-0.2, 0) is 4.79 Å². The molecule has 4 nitrogen and oxygen atoms in total. The topological polar surface area (TPSA) is 57.6 Å². The van der Waals surface area contributed by atoms with E-state index in [4.69, 9.17) is 11.6 Å². The van der Waals surface area contributed by atoms with E-state index in [-0.39, 0.29) is 12.5 Å². The van der Waals surface area contributed by atoms with Gasteiger partial charge in [-0.2, -0.15) is 0 Å². The van der Waals surface area contributed by atoms with Gasteiger partial charge in [0, 0.05) is 18.0 Å². The van der Waals surface area contributed by atoms with Crippen LogP contribution >= 0.6 is 23.4 Å². The van der Waals surface area contributed by atoms with Crippen molar-refractivity contribution in [1.82, 2.24) is 4.90 Å². The largest absolute Gasteiger partial charge is 0.481 e. The molecule has 2 rings (SSSR count). The molecule has 1 heterocycles. The van der Waals surface area contributed by atoms with Gasteiger partial charge in [0.25, 0.3) is 5.91 Å². The number of piperidine rings is 1. The second-order valence-corrected chi connectivity index (χ2v) is 6.83. The molecule has 21 heavy (non-hydrogen) atoms. The Labute approximate surface area is 133 Å². The molecule has 1 aromatic carbocycles. The highest BCUT2D eigenvalue weighted by molar-refractivity contribution is 7.98. The summed E-state index contributed by atoms with van der Waals surface area (Å²) < 4.78 is 0. The van der Waals surface area contributed by atoms with Crippen LogP contribution in [0.2, 0.25) is 5.02 Å². The number of amides is 1. The highest BCUT2D eigenvalue weighted by Gasteiger charge is 2.39. The molecule has 1 fully saturated rings. The van der Waals surface area contributed by atoms with E-state index in [1.54, 1.807) is 24.0 Å². The molecule has 1 N–H and O–H groups in total. The summed E-state index contributed by atoms with van der Waals surface area (Å²) >= 11 is 7.66. The molecule has 0 spiro atoms. The number of hydrogen-bond donors (Lipinski definition) is 1. The number of halogens is 1. The normalized spacial score (nSPS) is 22.1. The minimum Gasteiger partial charge on any atom is -0.481 e. The lowest BCUT2D eigenvalue weighted by Crippen LogP contribution is -2.48. The Hall–Kier alpha value is -1.20. The fraction of sp³-hybridized carbons (Fsp3) is 0.467. The number of nitrogens with zero attached hydrogens (tertiary/aromatic N) is 1. The zero-order valence-corrected chi connectivity index (χ0v) is 13.6. The van der Waals surface area contributed by atoms with Crippen LogP contribution < -0.4 is 0 Å². The van der Waals surface area contributed by atoms with Gasteiger partial charge < -0.3 is 10.0 Å². The van der Waals surface area contributed by atoms with Gasteiger partial charge in [0.1, 0.15) is 0 Å². The van der Waals surface area contributed by atoms with Crippen LogP contribution in [0.4, 0.5) is 0 Å². The standard InChI is InChI=1S/C15H18ClNO3S/c1-15(14(19)20)6-3-7-17(9-15)13(18)11-8-10(21-2)4-5-12(11)16/h4-5,8H,3,6-7,9H2,1-2H3,(H,19,20). The number of carboxylic acids is 1. The molecule has 1 atom stereocenters. The van der Waals surface area contributed by atoms with Crippen LogP contribution in [0.25, 0.3) is 0 Å². The molecule has 0 aromatic heterocycles. The van der Waals surface area contributed by atoms with Crippen LogP contribution in [0.15, 0.2) is 23.1 Å². The maximum Gasteiger partial charge on any atom is 0.311 e. The van der Waals surface area contributed by atoms with E-state index in [2.05, 4.69) is 0 Å². The number of benzene rings is 1. The van der Waals surface area contributed by atoms with E-state index in [1.807, 2.05) is 12.3 Å². The predicted octanol–water partition coefficient (Wildman–Crippen LogP) is 3.39. The maximum atomic E-state index is 12.6. The highest BCUT2D eigenvalue weighted by atomic mass is 35.5. The molecular formula is C15H18ClNO3S. The third kappa shape index (κ3) is 3.35. The summed E-state index contributed by atoms with van der Waals surface area (Å²) in [5.41, 5.74) is -0.435. The maximum absolute atomic E-state index is 12.6. The fourth-order valence-electron chi connectivity index (χ4n) is 2.55. The van der Waals surface area contributed by atoms with Gasteiger partial charge >= 0.3 is 5.97 Å². The Kier molecular flexibility index (Phi) is 4.84. The second-order valence-electron chi connectivity index (χ2n) is 5.54. The lowest BCUT2D eigenvalue weighted by molar-refractivity contribution is -0.150. The third-order valence-corrected chi connectivity index (χ3v) is 4.96. The molecule has 1 unspecified atom stereocenters. The third-order valence-electron chi connectivity index (χ3n) is 3.90. The number of aliphatic carboxylic acids is 1. The summed E-state index contributed by atoms with van der Waals surface area (Å²) in [5.74, 6) is -1.05. The highest BCUT2D eigenvalue weighted by Crippen LogP contribution is 2.32. The smallest absolute Gasteiger partial charge is 0.311 e. The van der Waals surface area contributed by atoms with Crippen molar-refractivity contribution in [3.63, 3.8) is 0 Å². The fourth-order valence-corrected chi connectivity index (χ4v) is 3.19. The van der Waals surface area contributed by atoms with Crippen molar-refractivity contribution in [2.45, 2.75) is 24.7 Å². The van der Waals surface area contributed by atoms with Gasteiger partial charge in [-0.1, -0.05) is 11.6 Å². The Morgan fingerprint density at radius 3 is 2.76 bits per heavy atom. The number of rotatable bonds is 3. The van der Waals surface area contributed by atoms with Crippen LogP contribution in [0.1, 0.15) is 30.1 Å². The molecule has 0 bridgehead atoms. The Bertz CT molecular complexity index is 578. The van der Waals surface area contributed by atoms with Crippen molar-refractivity contribution in [2.75, 3.05) is 19.3 Å². The van der Waals surface area contributed by atoms with E-state index < -0.39 is 11.4 Å². The lowest BCUT2D eigenvalue weighted by Gasteiger charge is -2.37. The summed E-state index contributed by atoms with van der Waals surface area (Å²) in [6.45, 7) is 2.48. The lowest BCUT2D eigenvalue weighted by atomic mass is 9.82. The van der Waals surface area contributed by atoms with Gasteiger partial charge in [-0.25, -0.2) is 0 Å². The second kappa shape index (κ2) is 6.28. The van der Waals surface area contributed by atoms with E-state index in [0.717, 1.165) is 4.90 Å². The zero-order chi connectivity index (χ0) is 15.6. The van der Waals surface area contributed by atoms with Crippen LogP contribution in [-0.4, -0.2) is 41.2 Å². The molecule has 0 saturated carbocycles. The zero-order valence-electron chi connectivity index (χ0n) is 12.1. The van der Waals surface area contributed by atoms with Gasteiger partial charge in [0.15, 0.2) is 0 Å². The first-order valence-corrected chi connectivity index (χ1v) is 8.34. The molecular weight excluding hydrogens is 310 g/mol. The molecule has 1 aliphatic rings. The molecule has 6 heteroatoms. The Balaban J connectivity index is 2.26. The molecule has 0 aliphatic carbocycles. The van der Waals surface area contributed by atoms with Crippen molar-refractivity contribution in [3.8, 4) is 0 Å². The van der Waals surface area contributed by atoms with E-state index in [1.165, 1.54) is 11.8 Å². The summed E-state index contributed by atoms with van der Waals surface area (Å²) in [7, 11) is 0. The quantitative estimate of drug-likeness (QED) is 0.865. The van der Waals surface area contributed by atoms with E-state index in [0.29, 0.717) is 30.0 Å². The number of carboxylic acid groups (broad SMARTS) is 1. The van der Waals surface area contributed by atoms with E-state index in [9.17, 15) is 14.7 Å². The number of carbonyl (C=O) groups excluding carboxylic acids is 1. The van der Waals surface area contributed by atoms with Crippen molar-refractivity contribution in [2.24, 2.45) is 5.41 Å². The first-order chi connectivity index (χ1) is 9.87. The van der Waals surface area contributed by atoms with Gasteiger partial charge in [-0.05, 0) is 44.2 Å². The number of hydrogen-bond acceptors (Lipinski definition) is 3. The summed E-state index contributed by atoms with van der Waals surface area (Å²) in [6, 6.07) is 5.34. The Morgan fingerprint density at radius 1 is 1.43 bits per heavy atom. The van der Waals surface area contributed by atoms with Crippen molar-refractivity contribution in [3.05, 3.63) is 28.8 Å². The van der Waals surface area contributed by atoms with Crippen LogP contribution in [0.5, 0.6) is 0 Å². The van der Waals surface area contributed by atoms with Crippen molar-refractivity contribution >= 4 is 35.2 Å². The van der Waals surface area contributed by atoms with Crippen LogP contribution in [0, 0.1) is 5.41 Å². The molecule has 114 valence electrons. The minimum atomic E-state index is -0.877. The van der Waals surface area contributed by atoms with Gasteiger partial charge in [0.05, 0.1) is 16.0 Å². The van der Waals surface area contributed by atoms with E-state index >= 15 is 0 Å². The minimum absolute atomic E-state index is 0.192. The number of likely N-dealkylation sites (tertiary alicyclic amines) is 1. The first-order valence-electron chi connectivity index (χ1n) is 6.73. The molecule has 1 aliphatic heterocycles. The van der Waals surface area contributed by atoms with Crippen molar-refractivity contribution < 1.29 is 14.7 Å². The van der Waals surface area contributed by atoms with Gasteiger partial charge in [-0.15, -0.1) is 11.8 Å². The van der Waals surface area contributed by atoms with Gasteiger partial charge in [-0.3, -0.25) is 9.59 Å². The summed E-state index contributed by atoms with van der Waals surface area (Å²) in [4.78, 5) is 26.6. The van der Waals surface area contributed by atoms with Gasteiger partial charge in [0.2, 0.25) is 0 Å². The summed E-state index contributed by atoms with van der Waals surface area (Å²) in [6.07, 6.45) is 3.21. The summed E-state index contributed by atoms with van der Waals surface area (Å²) in [5, 5.41) is 9.74. The average molecular weight is 328 g/mol.